The predicted octanol–water partition coefficient (Wildman–Crippen LogP) is 0.460. The SMILES string of the molecule is O=C1CC2CSCC1O2. The largest absolute Gasteiger partial charge is 0.365 e. The number of carbonyl (C=O) groups excluding carboxylic acids is 1. The Morgan fingerprint density at radius 2 is 2.44 bits per heavy atom. The number of thioether (sulfide) groups is 1. The van der Waals surface area contributed by atoms with Crippen LogP contribution in [0.4, 0.5) is 0 Å². The molecule has 0 aromatic carbocycles. The van der Waals surface area contributed by atoms with Crippen molar-refractivity contribution >= 4 is 17.5 Å². The van der Waals surface area contributed by atoms with Gasteiger partial charge in [-0.15, -0.1) is 0 Å². The molecule has 0 saturated carbocycles. The quantitative estimate of drug-likeness (QED) is 0.494. The molecule has 0 aromatic heterocycles. The zero-order chi connectivity index (χ0) is 6.27. The summed E-state index contributed by atoms with van der Waals surface area (Å²) < 4.78 is 5.34. The van der Waals surface area contributed by atoms with Gasteiger partial charge in [0.25, 0.3) is 0 Å². The van der Waals surface area contributed by atoms with Gasteiger partial charge in [-0.25, -0.2) is 0 Å². The molecule has 0 radical (unpaired) electrons. The van der Waals surface area contributed by atoms with E-state index in [2.05, 4.69) is 0 Å². The molecule has 3 heteroatoms. The average molecular weight is 144 g/mol. The first kappa shape index (κ1) is 5.74. The van der Waals surface area contributed by atoms with Crippen molar-refractivity contribution in [2.45, 2.75) is 18.6 Å². The third-order valence-electron chi connectivity index (χ3n) is 1.72. The van der Waals surface area contributed by atoms with Crippen LogP contribution in [0.3, 0.4) is 0 Å². The average Bonchev–Trinajstić information content (AvgIpc) is 2.09. The van der Waals surface area contributed by atoms with E-state index in [1.807, 2.05) is 11.8 Å². The van der Waals surface area contributed by atoms with Gasteiger partial charge >= 0.3 is 0 Å². The molecule has 2 unspecified atom stereocenters. The van der Waals surface area contributed by atoms with E-state index in [-0.39, 0.29) is 12.2 Å². The van der Waals surface area contributed by atoms with Gasteiger partial charge in [-0.2, -0.15) is 11.8 Å². The molecule has 2 atom stereocenters. The number of fused-ring (bicyclic) bond motifs is 2. The molecule has 2 aliphatic rings. The van der Waals surface area contributed by atoms with Crippen molar-refractivity contribution in [2.75, 3.05) is 11.5 Å². The van der Waals surface area contributed by atoms with Gasteiger partial charge in [0, 0.05) is 17.9 Å². The van der Waals surface area contributed by atoms with Gasteiger partial charge in [0.1, 0.15) is 6.10 Å². The van der Waals surface area contributed by atoms with Crippen LogP contribution in [-0.2, 0) is 9.53 Å². The lowest BCUT2D eigenvalue weighted by Crippen LogP contribution is -2.23. The highest BCUT2D eigenvalue weighted by molar-refractivity contribution is 7.99. The Bertz CT molecular complexity index is 146. The van der Waals surface area contributed by atoms with Crippen LogP contribution in [0, 0.1) is 0 Å². The van der Waals surface area contributed by atoms with Crippen LogP contribution < -0.4 is 0 Å². The standard InChI is InChI=1S/C6H8O2S/c7-5-1-4-2-9-3-6(5)8-4/h4,6H,1-3H2. The third-order valence-corrected chi connectivity index (χ3v) is 2.86. The van der Waals surface area contributed by atoms with E-state index in [1.54, 1.807) is 0 Å². The van der Waals surface area contributed by atoms with Crippen molar-refractivity contribution in [3.8, 4) is 0 Å². The number of hydrogen-bond donors (Lipinski definition) is 0. The molecule has 2 fully saturated rings. The van der Waals surface area contributed by atoms with Crippen LogP contribution >= 0.6 is 11.8 Å². The smallest absolute Gasteiger partial charge is 0.165 e. The summed E-state index contributed by atoms with van der Waals surface area (Å²) in [7, 11) is 0. The van der Waals surface area contributed by atoms with Crippen LogP contribution in [0.25, 0.3) is 0 Å². The molecule has 50 valence electrons. The predicted molar refractivity (Wildman–Crippen MR) is 35.6 cm³/mol. The highest BCUT2D eigenvalue weighted by Crippen LogP contribution is 2.27. The maximum atomic E-state index is 10.9. The molecule has 0 spiro atoms. The second-order valence-electron chi connectivity index (χ2n) is 2.45. The molecule has 0 amide bonds. The molecule has 2 saturated heterocycles. The van der Waals surface area contributed by atoms with Crippen molar-refractivity contribution < 1.29 is 9.53 Å². The molecule has 0 aliphatic carbocycles. The van der Waals surface area contributed by atoms with Crippen LogP contribution in [0.5, 0.6) is 0 Å². The Morgan fingerprint density at radius 1 is 1.56 bits per heavy atom. The summed E-state index contributed by atoms with van der Waals surface area (Å²) in [4.78, 5) is 10.9. The first-order valence-corrected chi connectivity index (χ1v) is 4.27. The fourth-order valence-corrected chi connectivity index (χ4v) is 2.32. The lowest BCUT2D eigenvalue weighted by atomic mass is 10.2. The van der Waals surface area contributed by atoms with E-state index in [4.69, 9.17) is 4.74 Å². The molecule has 9 heavy (non-hydrogen) atoms. The van der Waals surface area contributed by atoms with Crippen molar-refractivity contribution in [1.82, 2.24) is 0 Å². The summed E-state index contributed by atoms with van der Waals surface area (Å²) in [6, 6.07) is 0. The monoisotopic (exact) mass is 144 g/mol. The third kappa shape index (κ3) is 0.883. The van der Waals surface area contributed by atoms with E-state index in [9.17, 15) is 4.79 Å². The summed E-state index contributed by atoms with van der Waals surface area (Å²) in [5.41, 5.74) is 0. The van der Waals surface area contributed by atoms with Gasteiger partial charge in [-0.05, 0) is 0 Å². The number of carbonyl (C=O) groups is 1. The topological polar surface area (TPSA) is 26.3 Å². The highest BCUT2D eigenvalue weighted by atomic mass is 32.2. The number of hydrogen-bond acceptors (Lipinski definition) is 3. The van der Waals surface area contributed by atoms with E-state index < -0.39 is 0 Å². The van der Waals surface area contributed by atoms with Crippen molar-refractivity contribution in [3.05, 3.63) is 0 Å². The van der Waals surface area contributed by atoms with Crippen LogP contribution in [0.2, 0.25) is 0 Å². The lowest BCUT2D eigenvalue weighted by Gasteiger charge is -2.17. The number of ketones is 1. The van der Waals surface area contributed by atoms with Gasteiger partial charge < -0.3 is 4.74 Å². The first-order valence-electron chi connectivity index (χ1n) is 3.12. The van der Waals surface area contributed by atoms with Gasteiger partial charge in [0.15, 0.2) is 5.78 Å². The van der Waals surface area contributed by atoms with E-state index in [0.717, 1.165) is 11.5 Å². The Hall–Kier alpha value is -0.0200. The maximum absolute atomic E-state index is 10.9. The minimum atomic E-state index is -0.0475. The second-order valence-corrected chi connectivity index (χ2v) is 3.53. The summed E-state index contributed by atoms with van der Waals surface area (Å²) in [5, 5.41) is 0. The summed E-state index contributed by atoms with van der Waals surface area (Å²) >= 11 is 1.83. The lowest BCUT2D eigenvalue weighted by molar-refractivity contribution is -0.121. The number of Topliss-reactive ketones (excluding diaryl/α,β-unsaturated/α-hetero) is 1. The Balaban J connectivity index is 2.15. The van der Waals surface area contributed by atoms with Crippen molar-refractivity contribution in [3.63, 3.8) is 0 Å². The molecule has 2 heterocycles. The minimum absolute atomic E-state index is 0.0475. The normalized spacial score (nSPS) is 41.6. The summed E-state index contributed by atoms with van der Waals surface area (Å²) in [6.07, 6.45) is 0.868. The van der Waals surface area contributed by atoms with Crippen LogP contribution in [0.15, 0.2) is 0 Å². The Labute approximate surface area is 58.0 Å². The van der Waals surface area contributed by atoms with Crippen LogP contribution in [-0.4, -0.2) is 29.5 Å². The molecular weight excluding hydrogens is 136 g/mol. The highest BCUT2D eigenvalue weighted by Gasteiger charge is 2.36. The molecule has 2 rings (SSSR count). The minimum Gasteiger partial charge on any atom is -0.365 e. The molecule has 2 nitrogen and oxygen atoms in total. The Kier molecular flexibility index (Phi) is 1.27. The molecule has 2 aliphatic heterocycles. The van der Waals surface area contributed by atoms with Crippen LogP contribution in [0.1, 0.15) is 6.42 Å². The molecule has 0 N–H and O–H groups in total. The zero-order valence-electron chi connectivity index (χ0n) is 5.00. The van der Waals surface area contributed by atoms with Gasteiger partial charge in [-0.1, -0.05) is 0 Å². The van der Waals surface area contributed by atoms with Crippen molar-refractivity contribution in [1.29, 1.82) is 0 Å². The van der Waals surface area contributed by atoms with Crippen molar-refractivity contribution in [2.24, 2.45) is 0 Å². The first-order chi connectivity index (χ1) is 4.36. The van der Waals surface area contributed by atoms with Gasteiger partial charge in [-0.3, -0.25) is 4.79 Å². The molecule has 0 aromatic rings. The number of ether oxygens (including phenoxy) is 1. The molecular formula is C6H8O2S. The zero-order valence-corrected chi connectivity index (χ0v) is 5.82. The fraction of sp³-hybridized carbons (Fsp3) is 0.833. The van der Waals surface area contributed by atoms with E-state index in [1.165, 1.54) is 0 Å². The number of rotatable bonds is 0. The van der Waals surface area contributed by atoms with Gasteiger partial charge in [0.05, 0.1) is 6.10 Å². The Morgan fingerprint density at radius 3 is 3.11 bits per heavy atom. The summed E-state index contributed by atoms with van der Waals surface area (Å²) in [5.74, 6) is 2.21. The molecule has 2 bridgehead atoms. The van der Waals surface area contributed by atoms with E-state index >= 15 is 0 Å². The summed E-state index contributed by atoms with van der Waals surface area (Å²) in [6.45, 7) is 0. The second kappa shape index (κ2) is 1.99. The fourth-order valence-electron chi connectivity index (χ4n) is 1.25. The van der Waals surface area contributed by atoms with Gasteiger partial charge in [0.2, 0.25) is 0 Å². The van der Waals surface area contributed by atoms with E-state index in [0.29, 0.717) is 12.2 Å². The maximum Gasteiger partial charge on any atom is 0.165 e.